The number of rotatable bonds is 1. The Morgan fingerprint density at radius 1 is 1.13 bits per heavy atom. The van der Waals surface area contributed by atoms with E-state index in [1.807, 2.05) is 6.07 Å². The quantitative estimate of drug-likeness (QED) is 0.707. The summed E-state index contributed by atoms with van der Waals surface area (Å²) in [6.45, 7) is 0. The van der Waals surface area contributed by atoms with Crippen molar-refractivity contribution in [1.82, 2.24) is 9.97 Å². The number of aromatic nitrogens is 2. The molecule has 3 nitrogen and oxygen atoms in total. The van der Waals surface area contributed by atoms with Gasteiger partial charge < -0.3 is 0 Å². The van der Waals surface area contributed by atoms with Gasteiger partial charge in [0.1, 0.15) is 17.6 Å². The molecule has 1 aromatic heterocycles. The molecule has 0 N–H and O–H groups in total. The SMILES string of the molecule is N#Cc1nccnc1-c1ccccc1F. The van der Waals surface area contributed by atoms with Gasteiger partial charge in [0.05, 0.1) is 0 Å². The molecule has 0 saturated heterocycles. The van der Waals surface area contributed by atoms with E-state index in [-0.39, 0.29) is 11.4 Å². The molecule has 2 aromatic rings. The summed E-state index contributed by atoms with van der Waals surface area (Å²) in [5.41, 5.74) is 0.697. The lowest BCUT2D eigenvalue weighted by molar-refractivity contribution is 0.630. The molecule has 0 amide bonds. The van der Waals surface area contributed by atoms with Crippen LogP contribution in [0.2, 0.25) is 0 Å². The summed E-state index contributed by atoms with van der Waals surface area (Å²) in [6, 6.07) is 8.05. The van der Waals surface area contributed by atoms with Gasteiger partial charge in [-0.15, -0.1) is 0 Å². The van der Waals surface area contributed by atoms with Gasteiger partial charge in [-0.2, -0.15) is 5.26 Å². The van der Waals surface area contributed by atoms with Crippen LogP contribution in [0.4, 0.5) is 4.39 Å². The van der Waals surface area contributed by atoms with Crippen molar-refractivity contribution in [2.45, 2.75) is 0 Å². The Bertz CT molecular complexity index is 531. The van der Waals surface area contributed by atoms with Crippen molar-refractivity contribution in [3.05, 3.63) is 48.2 Å². The number of halogens is 1. The van der Waals surface area contributed by atoms with Crippen LogP contribution in [-0.2, 0) is 0 Å². The summed E-state index contributed by atoms with van der Waals surface area (Å²) in [5, 5.41) is 8.80. The molecule has 0 radical (unpaired) electrons. The highest BCUT2D eigenvalue weighted by molar-refractivity contribution is 5.64. The van der Waals surface area contributed by atoms with E-state index in [0.717, 1.165) is 0 Å². The van der Waals surface area contributed by atoms with E-state index < -0.39 is 5.82 Å². The number of hydrogen-bond acceptors (Lipinski definition) is 3. The number of benzene rings is 1. The van der Waals surface area contributed by atoms with Crippen LogP contribution in [0.15, 0.2) is 36.7 Å². The molecule has 2 rings (SSSR count). The first-order valence-corrected chi connectivity index (χ1v) is 4.29. The van der Waals surface area contributed by atoms with Crippen molar-refractivity contribution < 1.29 is 4.39 Å². The maximum atomic E-state index is 13.4. The van der Waals surface area contributed by atoms with Crippen molar-refractivity contribution in [2.75, 3.05) is 0 Å². The second-order valence-corrected chi connectivity index (χ2v) is 2.85. The molecule has 1 heterocycles. The second-order valence-electron chi connectivity index (χ2n) is 2.85. The van der Waals surface area contributed by atoms with E-state index in [9.17, 15) is 4.39 Å². The largest absolute Gasteiger partial charge is 0.251 e. The highest BCUT2D eigenvalue weighted by Crippen LogP contribution is 2.21. The predicted molar refractivity (Wildman–Crippen MR) is 52.1 cm³/mol. The van der Waals surface area contributed by atoms with Gasteiger partial charge in [0.15, 0.2) is 5.69 Å². The Kier molecular flexibility index (Phi) is 2.38. The lowest BCUT2D eigenvalue weighted by Crippen LogP contribution is -1.94. The molecule has 4 heteroatoms. The minimum absolute atomic E-state index is 0.127. The summed E-state index contributed by atoms with van der Waals surface area (Å²) < 4.78 is 13.4. The van der Waals surface area contributed by atoms with Crippen LogP contribution in [-0.4, -0.2) is 9.97 Å². The smallest absolute Gasteiger partial charge is 0.166 e. The van der Waals surface area contributed by atoms with Gasteiger partial charge >= 0.3 is 0 Å². The topological polar surface area (TPSA) is 49.6 Å². The molecular weight excluding hydrogens is 193 g/mol. The van der Waals surface area contributed by atoms with Gasteiger partial charge in [-0.1, -0.05) is 12.1 Å². The van der Waals surface area contributed by atoms with Gasteiger partial charge in [0.2, 0.25) is 0 Å². The average Bonchev–Trinajstić information content (AvgIpc) is 2.30. The van der Waals surface area contributed by atoms with Gasteiger partial charge in [-0.05, 0) is 12.1 Å². The van der Waals surface area contributed by atoms with Crippen LogP contribution >= 0.6 is 0 Å². The predicted octanol–water partition coefficient (Wildman–Crippen LogP) is 2.15. The fourth-order valence-corrected chi connectivity index (χ4v) is 1.27. The Hall–Kier alpha value is -2.28. The Labute approximate surface area is 85.9 Å². The van der Waals surface area contributed by atoms with E-state index >= 15 is 0 Å². The lowest BCUT2D eigenvalue weighted by atomic mass is 10.1. The van der Waals surface area contributed by atoms with Gasteiger partial charge in [0.25, 0.3) is 0 Å². The molecule has 0 aliphatic heterocycles. The zero-order valence-electron chi connectivity index (χ0n) is 7.68. The lowest BCUT2D eigenvalue weighted by Gasteiger charge is -2.02. The van der Waals surface area contributed by atoms with E-state index in [1.165, 1.54) is 18.5 Å². The van der Waals surface area contributed by atoms with Crippen molar-refractivity contribution in [3.63, 3.8) is 0 Å². The zero-order valence-corrected chi connectivity index (χ0v) is 7.68. The second kappa shape index (κ2) is 3.84. The summed E-state index contributed by atoms with van der Waals surface area (Å²) in [7, 11) is 0. The van der Waals surface area contributed by atoms with E-state index in [4.69, 9.17) is 5.26 Å². The van der Waals surface area contributed by atoms with Crippen LogP contribution in [0.1, 0.15) is 5.69 Å². The normalized spacial score (nSPS) is 9.60. The monoisotopic (exact) mass is 199 g/mol. The van der Waals surface area contributed by atoms with Crippen molar-refractivity contribution in [3.8, 4) is 17.3 Å². The molecular formula is C11H6FN3. The van der Waals surface area contributed by atoms with E-state index in [1.54, 1.807) is 18.2 Å². The van der Waals surface area contributed by atoms with E-state index in [2.05, 4.69) is 9.97 Å². The van der Waals surface area contributed by atoms with Crippen LogP contribution < -0.4 is 0 Å². The Morgan fingerprint density at radius 3 is 2.60 bits per heavy atom. The summed E-state index contributed by atoms with van der Waals surface area (Å²) in [4.78, 5) is 7.78. The fourth-order valence-electron chi connectivity index (χ4n) is 1.27. The first kappa shape index (κ1) is 9.28. The van der Waals surface area contributed by atoms with Crippen LogP contribution in [0, 0.1) is 17.1 Å². The molecule has 0 spiro atoms. The number of hydrogen-bond donors (Lipinski definition) is 0. The maximum Gasteiger partial charge on any atom is 0.166 e. The molecule has 0 unspecified atom stereocenters. The molecule has 15 heavy (non-hydrogen) atoms. The molecule has 0 atom stereocenters. The van der Waals surface area contributed by atoms with Crippen LogP contribution in [0.25, 0.3) is 11.3 Å². The van der Waals surface area contributed by atoms with Crippen LogP contribution in [0.5, 0.6) is 0 Å². The molecule has 0 bridgehead atoms. The Morgan fingerprint density at radius 2 is 1.87 bits per heavy atom. The third kappa shape index (κ3) is 1.67. The zero-order chi connectivity index (χ0) is 10.7. The van der Waals surface area contributed by atoms with Crippen molar-refractivity contribution in [1.29, 1.82) is 5.26 Å². The highest BCUT2D eigenvalue weighted by atomic mass is 19.1. The standard InChI is InChI=1S/C11H6FN3/c12-9-4-2-1-3-8(9)11-10(7-13)14-5-6-15-11/h1-6H. The summed E-state index contributed by atoms with van der Waals surface area (Å²) >= 11 is 0. The average molecular weight is 199 g/mol. The molecule has 0 aliphatic carbocycles. The van der Waals surface area contributed by atoms with Crippen molar-refractivity contribution in [2.24, 2.45) is 0 Å². The number of nitriles is 1. The molecule has 1 aromatic carbocycles. The first-order chi connectivity index (χ1) is 7.33. The Balaban J connectivity index is 2.65. The van der Waals surface area contributed by atoms with E-state index in [0.29, 0.717) is 5.56 Å². The minimum atomic E-state index is -0.408. The number of nitrogens with zero attached hydrogens (tertiary/aromatic N) is 3. The third-order valence-electron chi connectivity index (χ3n) is 1.93. The summed E-state index contributed by atoms with van der Waals surface area (Å²) in [6.07, 6.45) is 2.84. The maximum absolute atomic E-state index is 13.4. The minimum Gasteiger partial charge on any atom is -0.251 e. The third-order valence-corrected chi connectivity index (χ3v) is 1.93. The molecule has 0 fully saturated rings. The molecule has 72 valence electrons. The van der Waals surface area contributed by atoms with Crippen molar-refractivity contribution >= 4 is 0 Å². The first-order valence-electron chi connectivity index (χ1n) is 4.29. The van der Waals surface area contributed by atoms with Crippen LogP contribution in [0.3, 0.4) is 0 Å². The molecule has 0 aliphatic rings. The van der Waals surface area contributed by atoms with Gasteiger partial charge in [-0.3, -0.25) is 4.98 Å². The van der Waals surface area contributed by atoms with Gasteiger partial charge in [-0.25, -0.2) is 9.37 Å². The highest BCUT2D eigenvalue weighted by Gasteiger charge is 2.10. The fraction of sp³-hybridized carbons (Fsp3) is 0. The van der Waals surface area contributed by atoms with Gasteiger partial charge in [0, 0.05) is 18.0 Å². The molecule has 0 saturated carbocycles. The summed E-state index contributed by atoms with van der Waals surface area (Å²) in [5.74, 6) is -0.408.